The summed E-state index contributed by atoms with van der Waals surface area (Å²) in [5, 5.41) is 18.9. The largest absolute Gasteiger partial charge is 0.389 e. The van der Waals surface area contributed by atoms with E-state index in [4.69, 9.17) is 11.6 Å². The van der Waals surface area contributed by atoms with Crippen LogP contribution in [0, 0.1) is 5.82 Å². The van der Waals surface area contributed by atoms with Crippen molar-refractivity contribution < 1.29 is 19.4 Å². The van der Waals surface area contributed by atoms with Crippen LogP contribution in [0.3, 0.4) is 0 Å². The summed E-state index contributed by atoms with van der Waals surface area (Å²) in [4.78, 5) is 11.1. The Morgan fingerprint density at radius 1 is 1.50 bits per heavy atom. The minimum atomic E-state index is -1.43. The van der Waals surface area contributed by atoms with E-state index < -0.39 is 18.0 Å². The van der Waals surface area contributed by atoms with E-state index in [-0.39, 0.29) is 22.8 Å². The molecule has 0 radical (unpaired) electrons. The van der Waals surface area contributed by atoms with Crippen molar-refractivity contribution in [1.82, 2.24) is 0 Å². The van der Waals surface area contributed by atoms with Gasteiger partial charge >= 0.3 is 0 Å². The molecule has 0 aliphatic heterocycles. The Labute approximate surface area is 97.5 Å². The summed E-state index contributed by atoms with van der Waals surface area (Å²) >= 11 is 5.35. The summed E-state index contributed by atoms with van der Waals surface area (Å²) in [5.74, 6) is -1.14. The zero-order valence-electron chi connectivity index (χ0n) is 8.65. The van der Waals surface area contributed by atoms with Crippen molar-refractivity contribution in [2.75, 3.05) is 5.88 Å². The molecule has 16 heavy (non-hydrogen) atoms. The first-order valence-electron chi connectivity index (χ1n) is 4.70. The van der Waals surface area contributed by atoms with E-state index in [1.165, 1.54) is 19.1 Å². The summed E-state index contributed by atoms with van der Waals surface area (Å²) in [6, 6.07) is 3.62. The molecule has 0 heterocycles. The van der Waals surface area contributed by atoms with Gasteiger partial charge in [0.1, 0.15) is 11.9 Å². The van der Waals surface area contributed by atoms with Crippen molar-refractivity contribution in [1.29, 1.82) is 0 Å². The van der Waals surface area contributed by atoms with E-state index in [1.54, 1.807) is 0 Å². The number of hydrogen-bond donors (Lipinski definition) is 2. The highest BCUT2D eigenvalue weighted by atomic mass is 35.5. The van der Waals surface area contributed by atoms with E-state index in [2.05, 4.69) is 0 Å². The number of aliphatic hydroxyl groups excluding tert-OH is 2. The van der Waals surface area contributed by atoms with Crippen LogP contribution in [0.15, 0.2) is 18.2 Å². The molecule has 0 aromatic heterocycles. The van der Waals surface area contributed by atoms with Gasteiger partial charge in [-0.3, -0.25) is 4.79 Å². The SMILES string of the molecule is CC(=O)c1ccc(F)c(C(O)C(O)CCl)c1. The lowest BCUT2D eigenvalue weighted by molar-refractivity contribution is 0.0304. The minimum absolute atomic E-state index is 0.124. The maximum Gasteiger partial charge on any atom is 0.159 e. The Morgan fingerprint density at radius 2 is 2.12 bits per heavy atom. The molecule has 3 nitrogen and oxygen atoms in total. The third-order valence-electron chi connectivity index (χ3n) is 2.24. The number of halogens is 2. The lowest BCUT2D eigenvalue weighted by Gasteiger charge is -2.16. The van der Waals surface area contributed by atoms with Crippen LogP contribution < -0.4 is 0 Å². The summed E-state index contributed by atoms with van der Waals surface area (Å²) < 4.78 is 13.4. The summed E-state index contributed by atoms with van der Waals surface area (Å²) in [6.07, 6.45) is -2.70. The number of aliphatic hydroxyl groups is 2. The first-order chi connectivity index (χ1) is 7.47. The molecule has 0 aliphatic carbocycles. The molecular formula is C11H12ClFO3. The van der Waals surface area contributed by atoms with Gasteiger partial charge in [0, 0.05) is 11.1 Å². The van der Waals surface area contributed by atoms with Crippen LogP contribution in [-0.2, 0) is 0 Å². The van der Waals surface area contributed by atoms with Gasteiger partial charge < -0.3 is 10.2 Å². The van der Waals surface area contributed by atoms with E-state index in [0.29, 0.717) is 0 Å². The van der Waals surface area contributed by atoms with Crippen LogP contribution in [0.25, 0.3) is 0 Å². The Balaban J connectivity index is 3.11. The number of carbonyl (C=O) groups is 1. The Bertz CT molecular complexity index is 395. The molecule has 88 valence electrons. The quantitative estimate of drug-likeness (QED) is 0.628. The molecule has 0 aliphatic rings. The molecule has 0 fully saturated rings. The van der Waals surface area contributed by atoms with Gasteiger partial charge in [0.25, 0.3) is 0 Å². The smallest absolute Gasteiger partial charge is 0.159 e. The first kappa shape index (κ1) is 13.1. The fourth-order valence-corrected chi connectivity index (χ4v) is 1.45. The van der Waals surface area contributed by atoms with Gasteiger partial charge in [-0.1, -0.05) is 0 Å². The average molecular weight is 247 g/mol. The summed E-state index contributed by atoms with van der Waals surface area (Å²) in [5.41, 5.74) is 0.151. The van der Waals surface area contributed by atoms with Crippen molar-refractivity contribution in [3.8, 4) is 0 Å². The molecule has 0 bridgehead atoms. The van der Waals surface area contributed by atoms with Crippen molar-refractivity contribution >= 4 is 17.4 Å². The van der Waals surface area contributed by atoms with Gasteiger partial charge in [0.15, 0.2) is 5.78 Å². The number of alkyl halides is 1. The maximum atomic E-state index is 13.4. The van der Waals surface area contributed by atoms with Gasteiger partial charge in [-0.05, 0) is 25.1 Å². The van der Waals surface area contributed by atoms with Crippen LogP contribution in [0.4, 0.5) is 4.39 Å². The second-order valence-electron chi connectivity index (χ2n) is 3.46. The Hall–Kier alpha value is -0.970. The third kappa shape index (κ3) is 2.78. The number of hydrogen-bond acceptors (Lipinski definition) is 3. The van der Waals surface area contributed by atoms with Gasteiger partial charge in [0.2, 0.25) is 0 Å². The first-order valence-corrected chi connectivity index (χ1v) is 5.23. The molecule has 1 aromatic carbocycles. The van der Waals surface area contributed by atoms with Crippen molar-refractivity contribution in [2.24, 2.45) is 0 Å². The highest BCUT2D eigenvalue weighted by molar-refractivity contribution is 6.18. The summed E-state index contributed by atoms with van der Waals surface area (Å²) in [7, 11) is 0. The minimum Gasteiger partial charge on any atom is -0.389 e. The molecular weight excluding hydrogens is 235 g/mol. The van der Waals surface area contributed by atoms with Crippen LogP contribution in [0.1, 0.15) is 28.9 Å². The second-order valence-corrected chi connectivity index (χ2v) is 3.77. The molecule has 0 spiro atoms. The lowest BCUT2D eigenvalue weighted by atomic mass is 10.0. The number of rotatable bonds is 4. The van der Waals surface area contributed by atoms with E-state index >= 15 is 0 Å². The molecule has 0 saturated heterocycles. The monoisotopic (exact) mass is 246 g/mol. The van der Waals surface area contributed by atoms with E-state index in [1.807, 2.05) is 0 Å². The third-order valence-corrected chi connectivity index (χ3v) is 2.56. The van der Waals surface area contributed by atoms with Gasteiger partial charge in [0.05, 0.1) is 12.0 Å². The van der Waals surface area contributed by atoms with Gasteiger partial charge in [-0.15, -0.1) is 11.6 Å². The maximum absolute atomic E-state index is 13.4. The van der Waals surface area contributed by atoms with Crippen molar-refractivity contribution in [3.63, 3.8) is 0 Å². The van der Waals surface area contributed by atoms with Crippen LogP contribution in [-0.4, -0.2) is 28.0 Å². The Morgan fingerprint density at radius 3 is 2.62 bits per heavy atom. The number of benzene rings is 1. The second kappa shape index (κ2) is 5.39. The standard InChI is InChI=1S/C11H12ClFO3/c1-6(14)7-2-3-9(13)8(4-7)11(16)10(15)5-12/h2-4,10-11,15-16H,5H2,1H3. The molecule has 2 atom stereocenters. The van der Waals surface area contributed by atoms with Crippen LogP contribution in [0.5, 0.6) is 0 Å². The normalized spacial score (nSPS) is 14.6. The fourth-order valence-electron chi connectivity index (χ4n) is 1.28. The molecule has 2 N–H and O–H groups in total. The van der Waals surface area contributed by atoms with Crippen LogP contribution in [0.2, 0.25) is 0 Å². The predicted octanol–water partition coefficient (Wildman–Crippen LogP) is 1.66. The number of carbonyl (C=O) groups excluding carboxylic acids is 1. The highest BCUT2D eigenvalue weighted by Gasteiger charge is 2.21. The highest BCUT2D eigenvalue weighted by Crippen LogP contribution is 2.22. The Kier molecular flexibility index (Phi) is 4.41. The van der Waals surface area contributed by atoms with Crippen molar-refractivity contribution in [3.05, 3.63) is 35.1 Å². The predicted molar refractivity (Wildman–Crippen MR) is 58.1 cm³/mol. The van der Waals surface area contributed by atoms with Gasteiger partial charge in [-0.2, -0.15) is 0 Å². The van der Waals surface area contributed by atoms with Crippen LogP contribution >= 0.6 is 11.6 Å². The van der Waals surface area contributed by atoms with Gasteiger partial charge in [-0.25, -0.2) is 4.39 Å². The fraction of sp³-hybridized carbons (Fsp3) is 0.364. The molecule has 0 amide bonds. The molecule has 1 aromatic rings. The topological polar surface area (TPSA) is 57.5 Å². The molecule has 5 heteroatoms. The molecule has 1 rings (SSSR count). The van der Waals surface area contributed by atoms with E-state index in [0.717, 1.165) is 6.07 Å². The lowest BCUT2D eigenvalue weighted by Crippen LogP contribution is -2.21. The average Bonchev–Trinajstić information content (AvgIpc) is 2.27. The zero-order valence-corrected chi connectivity index (χ0v) is 9.41. The molecule has 2 unspecified atom stereocenters. The van der Waals surface area contributed by atoms with Crippen molar-refractivity contribution in [2.45, 2.75) is 19.1 Å². The number of ketones is 1. The molecule has 0 saturated carbocycles. The zero-order chi connectivity index (χ0) is 12.3. The number of Topliss-reactive ketones (excluding diaryl/α,β-unsaturated/α-hetero) is 1. The summed E-state index contributed by atoms with van der Waals surface area (Å²) in [6.45, 7) is 1.33. The van der Waals surface area contributed by atoms with E-state index in [9.17, 15) is 19.4 Å².